The molecule has 0 aliphatic heterocycles. The number of carbonyl (C=O) groups is 2. The van der Waals surface area contributed by atoms with E-state index in [-0.39, 0.29) is 11.9 Å². The molecule has 0 fully saturated rings. The zero-order chi connectivity index (χ0) is 15.3. The van der Waals surface area contributed by atoms with E-state index in [0.29, 0.717) is 12.0 Å². The third-order valence-electron chi connectivity index (χ3n) is 3.11. The molecule has 0 aliphatic rings. The minimum atomic E-state index is -0.414. The van der Waals surface area contributed by atoms with Crippen LogP contribution < -0.4 is 5.32 Å². The second-order valence-electron chi connectivity index (χ2n) is 4.86. The van der Waals surface area contributed by atoms with Crippen LogP contribution in [0.1, 0.15) is 29.3 Å². The minimum Gasteiger partial charge on any atom is -0.467 e. The Morgan fingerprint density at radius 2 is 2.00 bits per heavy atom. The summed E-state index contributed by atoms with van der Waals surface area (Å²) in [5.41, 5.74) is 2.33. The number of ether oxygens (including phenoxy) is 1. The topological polar surface area (TPSA) is 58.6 Å². The predicted molar refractivity (Wildman–Crippen MR) is 78.9 cm³/mol. The monoisotopic (exact) mass is 278 g/mol. The molecule has 1 aromatic rings. The maximum Gasteiger partial charge on any atom is 0.328 e. The maximum atomic E-state index is 12.0. The van der Waals surface area contributed by atoms with Crippen molar-refractivity contribution >= 4 is 17.6 Å². The second-order valence-corrected chi connectivity index (χ2v) is 4.86. The molecule has 20 heavy (non-hydrogen) atoms. The second kappa shape index (κ2) is 6.93. The number of anilines is 1. The number of benzene rings is 1. The number of rotatable bonds is 5. The van der Waals surface area contributed by atoms with Gasteiger partial charge in [-0.3, -0.25) is 4.79 Å². The maximum absolute atomic E-state index is 12.0. The van der Waals surface area contributed by atoms with Crippen molar-refractivity contribution in [2.75, 3.05) is 26.5 Å². The Kier molecular flexibility index (Phi) is 5.55. The molecule has 0 spiro atoms. The zero-order valence-corrected chi connectivity index (χ0v) is 12.7. The summed E-state index contributed by atoms with van der Waals surface area (Å²) < 4.78 is 4.75. The molecular weight excluding hydrogens is 256 g/mol. The minimum absolute atomic E-state index is 0.0702. The molecule has 1 unspecified atom stereocenters. The van der Waals surface area contributed by atoms with E-state index in [1.807, 2.05) is 19.9 Å². The van der Waals surface area contributed by atoms with Gasteiger partial charge in [0.25, 0.3) is 5.91 Å². The number of nitrogens with zero attached hydrogens (tertiary/aromatic N) is 1. The number of hydrogen-bond acceptors (Lipinski definition) is 4. The molecule has 0 aliphatic carbocycles. The van der Waals surface area contributed by atoms with Crippen LogP contribution in [0.4, 0.5) is 5.69 Å². The van der Waals surface area contributed by atoms with E-state index in [9.17, 15) is 9.59 Å². The summed E-state index contributed by atoms with van der Waals surface area (Å²) in [5.74, 6) is -0.379. The van der Waals surface area contributed by atoms with Gasteiger partial charge in [0.1, 0.15) is 6.04 Å². The quantitative estimate of drug-likeness (QED) is 0.838. The van der Waals surface area contributed by atoms with Gasteiger partial charge < -0.3 is 15.0 Å². The molecule has 1 N–H and O–H groups in total. The fraction of sp³-hybridized carbons (Fsp3) is 0.467. The molecule has 110 valence electrons. The van der Waals surface area contributed by atoms with Crippen LogP contribution in [0.2, 0.25) is 0 Å². The van der Waals surface area contributed by atoms with E-state index in [0.717, 1.165) is 11.3 Å². The van der Waals surface area contributed by atoms with E-state index in [2.05, 4.69) is 5.32 Å². The first-order chi connectivity index (χ1) is 9.40. The highest BCUT2D eigenvalue weighted by molar-refractivity contribution is 5.95. The molecule has 1 atom stereocenters. The highest BCUT2D eigenvalue weighted by atomic mass is 16.5. The van der Waals surface area contributed by atoms with Gasteiger partial charge in [-0.1, -0.05) is 13.0 Å². The van der Waals surface area contributed by atoms with Crippen molar-refractivity contribution in [3.8, 4) is 0 Å². The lowest BCUT2D eigenvalue weighted by atomic mass is 10.1. The summed E-state index contributed by atoms with van der Waals surface area (Å²) in [6.45, 7) is 3.83. The van der Waals surface area contributed by atoms with Gasteiger partial charge in [-0.15, -0.1) is 0 Å². The first kappa shape index (κ1) is 16.0. The summed E-state index contributed by atoms with van der Waals surface area (Å²) in [6, 6.07) is 5.00. The first-order valence-corrected chi connectivity index (χ1v) is 6.57. The number of methoxy groups -OCH3 is 1. The van der Waals surface area contributed by atoms with Gasteiger partial charge in [-0.25, -0.2) is 4.79 Å². The van der Waals surface area contributed by atoms with Gasteiger partial charge >= 0.3 is 5.97 Å². The molecule has 1 aromatic carbocycles. The molecular formula is C15H22N2O3. The molecule has 5 nitrogen and oxygen atoms in total. The Labute approximate surface area is 119 Å². The van der Waals surface area contributed by atoms with Crippen molar-refractivity contribution < 1.29 is 14.3 Å². The average Bonchev–Trinajstić information content (AvgIpc) is 2.44. The molecule has 0 saturated heterocycles. The molecule has 1 rings (SSSR count). The number of amides is 1. The Morgan fingerprint density at radius 3 is 2.50 bits per heavy atom. The molecule has 0 heterocycles. The number of aryl methyl sites for hydroxylation is 1. The van der Waals surface area contributed by atoms with Crippen molar-refractivity contribution in [2.45, 2.75) is 26.3 Å². The van der Waals surface area contributed by atoms with Gasteiger partial charge in [0.15, 0.2) is 0 Å². The standard InChI is InChI=1S/C15H22N2O3/c1-6-12(15(19)20-5)16-13-9-11(8-7-10(13)2)14(18)17(3)4/h7-9,12,16H,6H2,1-5H3. The third-order valence-corrected chi connectivity index (χ3v) is 3.11. The van der Waals surface area contributed by atoms with Crippen LogP contribution in [0, 0.1) is 6.92 Å². The van der Waals surface area contributed by atoms with E-state index in [4.69, 9.17) is 4.74 Å². The normalized spacial score (nSPS) is 11.7. The largest absolute Gasteiger partial charge is 0.467 e. The number of carbonyl (C=O) groups excluding carboxylic acids is 2. The van der Waals surface area contributed by atoms with Crippen LogP contribution in [0.25, 0.3) is 0 Å². The summed E-state index contributed by atoms with van der Waals surface area (Å²) >= 11 is 0. The summed E-state index contributed by atoms with van der Waals surface area (Å²) in [4.78, 5) is 25.1. The Bertz CT molecular complexity index is 498. The number of esters is 1. The molecule has 0 aromatic heterocycles. The third kappa shape index (κ3) is 3.73. The highest BCUT2D eigenvalue weighted by Crippen LogP contribution is 2.19. The predicted octanol–water partition coefficient (Wildman–Crippen LogP) is 2.06. The van der Waals surface area contributed by atoms with Crippen LogP contribution in [-0.4, -0.2) is 44.0 Å². The number of nitrogens with one attached hydrogen (secondary N) is 1. The molecule has 1 amide bonds. The fourth-order valence-corrected chi connectivity index (χ4v) is 1.83. The SMILES string of the molecule is CCC(Nc1cc(C(=O)N(C)C)ccc1C)C(=O)OC. The summed E-state index contributed by atoms with van der Waals surface area (Å²) in [6.07, 6.45) is 0.609. The Morgan fingerprint density at radius 1 is 1.35 bits per heavy atom. The number of hydrogen-bond donors (Lipinski definition) is 1. The van der Waals surface area contributed by atoms with E-state index < -0.39 is 6.04 Å². The van der Waals surface area contributed by atoms with Gasteiger partial charge in [-0.2, -0.15) is 0 Å². The Balaban J connectivity index is 3.02. The van der Waals surface area contributed by atoms with Gasteiger partial charge in [0.05, 0.1) is 7.11 Å². The smallest absolute Gasteiger partial charge is 0.328 e. The zero-order valence-electron chi connectivity index (χ0n) is 12.7. The van der Waals surface area contributed by atoms with Gasteiger partial charge in [-0.05, 0) is 31.0 Å². The van der Waals surface area contributed by atoms with Crippen molar-refractivity contribution in [3.63, 3.8) is 0 Å². The van der Waals surface area contributed by atoms with Crippen LogP contribution in [0.5, 0.6) is 0 Å². The van der Waals surface area contributed by atoms with Crippen LogP contribution in [-0.2, 0) is 9.53 Å². The molecule has 0 saturated carbocycles. The highest BCUT2D eigenvalue weighted by Gasteiger charge is 2.18. The summed E-state index contributed by atoms with van der Waals surface area (Å²) in [5, 5.41) is 3.14. The van der Waals surface area contributed by atoms with Crippen LogP contribution >= 0.6 is 0 Å². The molecule has 0 radical (unpaired) electrons. The van der Waals surface area contributed by atoms with Crippen molar-refractivity contribution in [2.24, 2.45) is 0 Å². The average molecular weight is 278 g/mol. The van der Waals surface area contributed by atoms with E-state index in [1.54, 1.807) is 26.2 Å². The molecule has 0 bridgehead atoms. The van der Waals surface area contributed by atoms with Crippen molar-refractivity contribution in [1.29, 1.82) is 0 Å². The first-order valence-electron chi connectivity index (χ1n) is 6.57. The van der Waals surface area contributed by atoms with Crippen molar-refractivity contribution in [3.05, 3.63) is 29.3 Å². The Hall–Kier alpha value is -2.04. The fourth-order valence-electron chi connectivity index (χ4n) is 1.83. The lowest BCUT2D eigenvalue weighted by molar-refractivity contribution is -0.141. The van der Waals surface area contributed by atoms with Crippen LogP contribution in [0.15, 0.2) is 18.2 Å². The van der Waals surface area contributed by atoms with E-state index >= 15 is 0 Å². The van der Waals surface area contributed by atoms with Crippen LogP contribution in [0.3, 0.4) is 0 Å². The molecule has 5 heteroatoms. The lowest BCUT2D eigenvalue weighted by Gasteiger charge is -2.19. The summed E-state index contributed by atoms with van der Waals surface area (Å²) in [7, 11) is 4.78. The van der Waals surface area contributed by atoms with E-state index in [1.165, 1.54) is 12.0 Å². The van der Waals surface area contributed by atoms with Gasteiger partial charge in [0, 0.05) is 25.3 Å². The van der Waals surface area contributed by atoms with Crippen molar-refractivity contribution in [1.82, 2.24) is 4.90 Å². The van der Waals surface area contributed by atoms with Gasteiger partial charge in [0.2, 0.25) is 0 Å². The lowest BCUT2D eigenvalue weighted by Crippen LogP contribution is -2.30.